The molecule has 2 N–H and O–H groups in total. The standard InChI is InChI=1S/C10H20N2O/c1-4-10(2,3)7-12-6-5-8(11)9(12)13/h8H,4-7,11H2,1-3H3. The minimum absolute atomic E-state index is 0.126. The van der Waals surface area contributed by atoms with Gasteiger partial charge in [0.15, 0.2) is 0 Å². The predicted octanol–water partition coefficient (Wildman–Crippen LogP) is 0.982. The lowest BCUT2D eigenvalue weighted by atomic mass is 9.90. The van der Waals surface area contributed by atoms with Crippen LogP contribution in [0.1, 0.15) is 33.6 Å². The van der Waals surface area contributed by atoms with Crippen LogP contribution >= 0.6 is 0 Å². The van der Waals surface area contributed by atoms with Crippen LogP contribution in [0.15, 0.2) is 0 Å². The molecule has 0 spiro atoms. The molecule has 1 saturated heterocycles. The molecular weight excluding hydrogens is 164 g/mol. The van der Waals surface area contributed by atoms with E-state index in [0.717, 1.165) is 25.9 Å². The highest BCUT2D eigenvalue weighted by Gasteiger charge is 2.31. The van der Waals surface area contributed by atoms with Crippen molar-refractivity contribution in [3.8, 4) is 0 Å². The van der Waals surface area contributed by atoms with Crippen LogP contribution < -0.4 is 5.73 Å². The van der Waals surface area contributed by atoms with E-state index in [-0.39, 0.29) is 17.4 Å². The van der Waals surface area contributed by atoms with Crippen LogP contribution in [0.25, 0.3) is 0 Å². The fourth-order valence-electron chi connectivity index (χ4n) is 1.55. The van der Waals surface area contributed by atoms with Gasteiger partial charge >= 0.3 is 0 Å². The van der Waals surface area contributed by atoms with E-state index < -0.39 is 0 Å². The Morgan fingerprint density at radius 1 is 1.62 bits per heavy atom. The van der Waals surface area contributed by atoms with E-state index in [4.69, 9.17) is 5.73 Å². The van der Waals surface area contributed by atoms with Crippen molar-refractivity contribution in [3.63, 3.8) is 0 Å². The van der Waals surface area contributed by atoms with Gasteiger partial charge in [0.25, 0.3) is 0 Å². The molecule has 1 rings (SSSR count). The van der Waals surface area contributed by atoms with E-state index in [2.05, 4.69) is 20.8 Å². The Bertz CT molecular complexity index is 201. The number of carbonyl (C=O) groups is 1. The first-order valence-electron chi connectivity index (χ1n) is 5.00. The third kappa shape index (κ3) is 2.44. The Morgan fingerprint density at radius 2 is 2.23 bits per heavy atom. The van der Waals surface area contributed by atoms with Gasteiger partial charge in [0.05, 0.1) is 6.04 Å². The Balaban J connectivity index is 2.51. The van der Waals surface area contributed by atoms with Gasteiger partial charge in [-0.05, 0) is 18.3 Å². The van der Waals surface area contributed by atoms with Gasteiger partial charge in [0, 0.05) is 13.1 Å². The Morgan fingerprint density at radius 3 is 2.62 bits per heavy atom. The molecule has 1 fully saturated rings. The molecule has 1 amide bonds. The highest BCUT2D eigenvalue weighted by molar-refractivity contribution is 5.83. The molecular formula is C10H20N2O. The molecule has 1 aliphatic heterocycles. The molecule has 3 heteroatoms. The summed E-state index contributed by atoms with van der Waals surface area (Å²) in [6, 6.07) is -0.243. The summed E-state index contributed by atoms with van der Waals surface area (Å²) >= 11 is 0. The minimum Gasteiger partial charge on any atom is -0.341 e. The van der Waals surface area contributed by atoms with Crippen LogP contribution in [0.2, 0.25) is 0 Å². The largest absolute Gasteiger partial charge is 0.341 e. The predicted molar refractivity (Wildman–Crippen MR) is 53.2 cm³/mol. The summed E-state index contributed by atoms with van der Waals surface area (Å²) in [6.07, 6.45) is 1.91. The summed E-state index contributed by atoms with van der Waals surface area (Å²) in [4.78, 5) is 13.4. The average molecular weight is 184 g/mol. The summed E-state index contributed by atoms with van der Waals surface area (Å²) in [5.41, 5.74) is 5.86. The van der Waals surface area contributed by atoms with Crippen molar-refractivity contribution < 1.29 is 4.79 Å². The maximum atomic E-state index is 11.5. The monoisotopic (exact) mass is 184 g/mol. The molecule has 1 heterocycles. The van der Waals surface area contributed by atoms with Crippen molar-refractivity contribution in [1.29, 1.82) is 0 Å². The number of hydrogen-bond acceptors (Lipinski definition) is 2. The van der Waals surface area contributed by atoms with Crippen LogP contribution in [0, 0.1) is 5.41 Å². The number of amides is 1. The van der Waals surface area contributed by atoms with Gasteiger partial charge in [-0.1, -0.05) is 20.8 Å². The highest BCUT2D eigenvalue weighted by atomic mass is 16.2. The second kappa shape index (κ2) is 3.66. The van der Waals surface area contributed by atoms with Crippen LogP contribution in [-0.2, 0) is 4.79 Å². The van der Waals surface area contributed by atoms with Crippen molar-refractivity contribution in [3.05, 3.63) is 0 Å². The van der Waals surface area contributed by atoms with Crippen molar-refractivity contribution in [2.24, 2.45) is 11.1 Å². The molecule has 13 heavy (non-hydrogen) atoms. The smallest absolute Gasteiger partial charge is 0.239 e. The average Bonchev–Trinajstić information content (AvgIpc) is 2.36. The number of nitrogens with two attached hydrogens (primary N) is 1. The van der Waals surface area contributed by atoms with E-state index in [0.29, 0.717) is 0 Å². The van der Waals surface area contributed by atoms with Gasteiger partial charge in [-0.2, -0.15) is 0 Å². The number of rotatable bonds is 3. The van der Waals surface area contributed by atoms with E-state index in [1.807, 2.05) is 4.90 Å². The lowest BCUT2D eigenvalue weighted by Gasteiger charge is -2.29. The third-order valence-corrected chi connectivity index (χ3v) is 2.91. The Labute approximate surface area is 80.3 Å². The zero-order valence-electron chi connectivity index (χ0n) is 8.84. The fourth-order valence-corrected chi connectivity index (χ4v) is 1.55. The fraction of sp³-hybridized carbons (Fsp3) is 0.900. The van der Waals surface area contributed by atoms with Crippen LogP contribution in [0.5, 0.6) is 0 Å². The van der Waals surface area contributed by atoms with Crippen LogP contribution in [0.4, 0.5) is 0 Å². The van der Waals surface area contributed by atoms with Crippen molar-refractivity contribution >= 4 is 5.91 Å². The topological polar surface area (TPSA) is 46.3 Å². The number of nitrogens with zero attached hydrogens (tertiary/aromatic N) is 1. The van der Waals surface area contributed by atoms with Crippen molar-refractivity contribution in [2.45, 2.75) is 39.7 Å². The number of hydrogen-bond donors (Lipinski definition) is 1. The van der Waals surface area contributed by atoms with E-state index in [9.17, 15) is 4.79 Å². The number of likely N-dealkylation sites (tertiary alicyclic amines) is 1. The van der Waals surface area contributed by atoms with E-state index in [1.54, 1.807) is 0 Å². The lowest BCUT2D eigenvalue weighted by molar-refractivity contribution is -0.129. The van der Waals surface area contributed by atoms with Crippen molar-refractivity contribution in [2.75, 3.05) is 13.1 Å². The van der Waals surface area contributed by atoms with Gasteiger partial charge in [0.2, 0.25) is 5.91 Å². The summed E-state index contributed by atoms with van der Waals surface area (Å²) in [5, 5.41) is 0. The molecule has 1 unspecified atom stereocenters. The minimum atomic E-state index is -0.243. The van der Waals surface area contributed by atoms with Crippen LogP contribution in [-0.4, -0.2) is 29.9 Å². The molecule has 76 valence electrons. The Hall–Kier alpha value is -0.570. The maximum absolute atomic E-state index is 11.5. The molecule has 3 nitrogen and oxygen atoms in total. The molecule has 1 aliphatic rings. The summed E-state index contributed by atoms with van der Waals surface area (Å²) in [7, 11) is 0. The number of carbonyl (C=O) groups excluding carboxylic acids is 1. The molecule has 0 bridgehead atoms. The Kier molecular flexibility index (Phi) is 2.96. The first kappa shape index (κ1) is 10.5. The SMILES string of the molecule is CCC(C)(C)CN1CCC(N)C1=O. The van der Waals surface area contributed by atoms with Gasteiger partial charge in [-0.3, -0.25) is 4.79 Å². The van der Waals surface area contributed by atoms with Gasteiger partial charge in [-0.15, -0.1) is 0 Å². The highest BCUT2D eigenvalue weighted by Crippen LogP contribution is 2.23. The second-order valence-electron chi connectivity index (χ2n) is 4.67. The summed E-state index contributed by atoms with van der Waals surface area (Å²) in [6.45, 7) is 8.20. The maximum Gasteiger partial charge on any atom is 0.239 e. The quantitative estimate of drug-likeness (QED) is 0.710. The van der Waals surface area contributed by atoms with E-state index in [1.165, 1.54) is 0 Å². The van der Waals surface area contributed by atoms with Gasteiger partial charge in [-0.25, -0.2) is 0 Å². The second-order valence-corrected chi connectivity index (χ2v) is 4.67. The van der Waals surface area contributed by atoms with Gasteiger partial charge in [0.1, 0.15) is 0 Å². The summed E-state index contributed by atoms with van der Waals surface area (Å²) in [5.74, 6) is 0.126. The zero-order chi connectivity index (χ0) is 10.1. The molecule has 0 aromatic rings. The first-order chi connectivity index (χ1) is 5.96. The zero-order valence-corrected chi connectivity index (χ0v) is 8.84. The van der Waals surface area contributed by atoms with Gasteiger partial charge < -0.3 is 10.6 Å². The summed E-state index contributed by atoms with van der Waals surface area (Å²) < 4.78 is 0. The first-order valence-corrected chi connectivity index (χ1v) is 5.00. The third-order valence-electron chi connectivity index (χ3n) is 2.91. The molecule has 0 aliphatic carbocycles. The molecule has 0 aromatic heterocycles. The lowest BCUT2D eigenvalue weighted by Crippen LogP contribution is -2.39. The van der Waals surface area contributed by atoms with Crippen molar-refractivity contribution in [1.82, 2.24) is 4.90 Å². The van der Waals surface area contributed by atoms with E-state index >= 15 is 0 Å². The molecule has 0 radical (unpaired) electrons. The molecule has 0 aromatic carbocycles. The molecule has 0 saturated carbocycles. The molecule has 1 atom stereocenters. The normalized spacial score (nSPS) is 24.2. The van der Waals surface area contributed by atoms with Crippen LogP contribution in [0.3, 0.4) is 0 Å².